The average molecular weight is 364 g/mol. The smallest absolute Gasteiger partial charge is 0.408 e. The van der Waals surface area contributed by atoms with Crippen molar-refractivity contribution in [3.63, 3.8) is 0 Å². The van der Waals surface area contributed by atoms with E-state index in [2.05, 4.69) is 15.5 Å². The fourth-order valence-corrected chi connectivity index (χ4v) is 2.93. The minimum atomic E-state index is -0.480. The molecule has 0 saturated carbocycles. The van der Waals surface area contributed by atoms with Crippen LogP contribution < -0.4 is 11.1 Å². The number of nitrogens with zero attached hydrogens (tertiary/aromatic N) is 3. The number of aromatic nitrogens is 3. The zero-order valence-electron chi connectivity index (χ0n) is 14.7. The number of carbonyl (C=O) groups is 1. The van der Waals surface area contributed by atoms with Crippen molar-refractivity contribution in [1.82, 2.24) is 14.7 Å². The van der Waals surface area contributed by atoms with Crippen LogP contribution in [0.2, 0.25) is 0 Å². The second-order valence-corrected chi connectivity index (χ2v) is 6.10. The van der Waals surface area contributed by atoms with Crippen LogP contribution in [-0.4, -0.2) is 20.6 Å². The number of fused-ring (bicyclic) bond motifs is 1. The van der Waals surface area contributed by atoms with Crippen LogP contribution in [0.15, 0.2) is 56.2 Å². The topological polar surface area (TPSA) is 103 Å². The molecule has 0 fully saturated rings. The Labute approximate surface area is 153 Å². The molecule has 136 valence electrons. The first-order chi connectivity index (χ1) is 13.0. The van der Waals surface area contributed by atoms with Crippen LogP contribution in [0, 0.1) is 6.92 Å². The third kappa shape index (κ3) is 3.12. The Morgan fingerprint density at radius 2 is 2.00 bits per heavy atom. The van der Waals surface area contributed by atoms with E-state index in [0.29, 0.717) is 34.1 Å². The summed E-state index contributed by atoms with van der Waals surface area (Å²) in [6.07, 6.45) is 0. The molecule has 0 radical (unpaired) electrons. The number of hydrogen-bond acceptors (Lipinski definition) is 6. The molecular weight excluding hydrogens is 348 g/mol. The van der Waals surface area contributed by atoms with Gasteiger partial charge in [0.25, 0.3) is 5.89 Å². The number of benzene rings is 2. The highest BCUT2D eigenvalue weighted by Gasteiger charge is 2.16. The van der Waals surface area contributed by atoms with Gasteiger partial charge in [-0.2, -0.15) is 4.98 Å². The van der Waals surface area contributed by atoms with Gasteiger partial charge in [0.15, 0.2) is 11.4 Å². The third-order valence-corrected chi connectivity index (χ3v) is 4.22. The van der Waals surface area contributed by atoms with Gasteiger partial charge in [0.05, 0.1) is 12.1 Å². The zero-order chi connectivity index (χ0) is 19.0. The molecule has 4 rings (SSSR count). The van der Waals surface area contributed by atoms with Crippen LogP contribution in [-0.2, 0) is 11.3 Å². The Morgan fingerprint density at radius 1 is 1.19 bits per heavy atom. The predicted octanol–water partition coefficient (Wildman–Crippen LogP) is 2.96. The SMILES string of the molecule is CC(=O)Nc1cccc(-c2nc(Cn3c(=O)oc4ccccc43)no2)c1C. The minimum Gasteiger partial charge on any atom is -0.408 e. The Kier molecular flexibility index (Phi) is 4.08. The Morgan fingerprint density at radius 3 is 2.81 bits per heavy atom. The van der Waals surface area contributed by atoms with Crippen molar-refractivity contribution in [3.05, 3.63) is 64.4 Å². The molecular formula is C19H16N4O4. The fourth-order valence-electron chi connectivity index (χ4n) is 2.93. The van der Waals surface area contributed by atoms with Crippen LogP contribution in [0.25, 0.3) is 22.6 Å². The van der Waals surface area contributed by atoms with E-state index in [1.54, 1.807) is 30.3 Å². The summed E-state index contributed by atoms with van der Waals surface area (Å²) in [4.78, 5) is 27.8. The summed E-state index contributed by atoms with van der Waals surface area (Å²) in [6, 6.07) is 12.6. The van der Waals surface area contributed by atoms with E-state index in [-0.39, 0.29) is 12.5 Å². The Balaban J connectivity index is 1.67. The van der Waals surface area contributed by atoms with E-state index in [4.69, 9.17) is 8.94 Å². The summed E-state index contributed by atoms with van der Waals surface area (Å²) < 4.78 is 12.0. The fraction of sp³-hybridized carbons (Fsp3) is 0.158. The molecule has 0 atom stereocenters. The first-order valence-electron chi connectivity index (χ1n) is 8.31. The van der Waals surface area contributed by atoms with Crippen LogP contribution >= 0.6 is 0 Å². The summed E-state index contributed by atoms with van der Waals surface area (Å²) in [7, 11) is 0. The van der Waals surface area contributed by atoms with Crippen LogP contribution in [0.1, 0.15) is 18.3 Å². The molecule has 8 nitrogen and oxygen atoms in total. The number of anilines is 1. The maximum Gasteiger partial charge on any atom is 0.420 e. The molecule has 1 N–H and O–H groups in total. The molecule has 2 aromatic carbocycles. The maximum absolute atomic E-state index is 12.1. The van der Waals surface area contributed by atoms with Gasteiger partial charge in [-0.15, -0.1) is 0 Å². The van der Waals surface area contributed by atoms with Crippen LogP contribution in [0.4, 0.5) is 5.69 Å². The number of para-hydroxylation sites is 2. The molecule has 27 heavy (non-hydrogen) atoms. The predicted molar refractivity (Wildman–Crippen MR) is 98.4 cm³/mol. The normalized spacial score (nSPS) is 11.0. The monoisotopic (exact) mass is 364 g/mol. The number of amides is 1. The van der Waals surface area contributed by atoms with Gasteiger partial charge in [-0.25, -0.2) is 4.79 Å². The number of hydrogen-bond donors (Lipinski definition) is 1. The Hall–Kier alpha value is -3.68. The van der Waals surface area contributed by atoms with E-state index < -0.39 is 5.76 Å². The standard InChI is InChI=1S/C19H16N4O4/c1-11-13(6-5-7-14(11)20-12(2)24)18-21-17(22-27-18)10-23-15-8-3-4-9-16(15)26-19(23)25/h3-9H,10H2,1-2H3,(H,20,24). The zero-order valence-corrected chi connectivity index (χ0v) is 14.7. The first kappa shape index (κ1) is 16.8. The molecule has 4 aromatic rings. The van der Waals surface area contributed by atoms with Crippen LogP contribution in [0.5, 0.6) is 0 Å². The largest absolute Gasteiger partial charge is 0.420 e. The molecule has 0 saturated heterocycles. The minimum absolute atomic E-state index is 0.129. The lowest BCUT2D eigenvalue weighted by Crippen LogP contribution is -2.15. The second kappa shape index (κ2) is 6.56. The molecule has 0 aliphatic heterocycles. The van der Waals surface area contributed by atoms with Gasteiger partial charge in [0, 0.05) is 18.2 Å². The van der Waals surface area contributed by atoms with Gasteiger partial charge in [-0.1, -0.05) is 23.4 Å². The molecule has 8 heteroatoms. The lowest BCUT2D eigenvalue weighted by molar-refractivity contribution is -0.114. The summed E-state index contributed by atoms with van der Waals surface area (Å²) in [5.74, 6) is 0.0256. The van der Waals surface area contributed by atoms with E-state index in [0.717, 1.165) is 5.56 Å². The lowest BCUT2D eigenvalue weighted by Gasteiger charge is -2.08. The number of rotatable bonds is 4. The molecule has 1 amide bonds. The van der Waals surface area contributed by atoms with Crippen molar-refractivity contribution in [1.29, 1.82) is 0 Å². The summed E-state index contributed by atoms with van der Waals surface area (Å²) in [5, 5.41) is 6.74. The van der Waals surface area contributed by atoms with E-state index >= 15 is 0 Å². The molecule has 2 heterocycles. The van der Waals surface area contributed by atoms with Crippen molar-refractivity contribution in [2.75, 3.05) is 5.32 Å². The van der Waals surface area contributed by atoms with Gasteiger partial charge in [0.1, 0.15) is 0 Å². The summed E-state index contributed by atoms with van der Waals surface area (Å²) in [6.45, 7) is 3.44. The van der Waals surface area contributed by atoms with Gasteiger partial charge in [-0.3, -0.25) is 9.36 Å². The highest BCUT2D eigenvalue weighted by Crippen LogP contribution is 2.27. The quantitative estimate of drug-likeness (QED) is 0.597. The van der Waals surface area contributed by atoms with Crippen molar-refractivity contribution in [2.24, 2.45) is 0 Å². The number of nitrogens with one attached hydrogen (secondary N) is 1. The van der Waals surface area contributed by atoms with E-state index in [1.165, 1.54) is 11.5 Å². The van der Waals surface area contributed by atoms with Crippen LogP contribution in [0.3, 0.4) is 0 Å². The molecule has 0 spiro atoms. The van der Waals surface area contributed by atoms with Gasteiger partial charge in [-0.05, 0) is 36.8 Å². The molecule has 0 unspecified atom stereocenters. The second-order valence-electron chi connectivity index (χ2n) is 6.10. The van der Waals surface area contributed by atoms with Gasteiger partial charge >= 0.3 is 5.76 Å². The van der Waals surface area contributed by atoms with Crippen molar-refractivity contribution in [3.8, 4) is 11.5 Å². The lowest BCUT2D eigenvalue weighted by atomic mass is 10.1. The van der Waals surface area contributed by atoms with Crippen molar-refractivity contribution < 1.29 is 13.7 Å². The molecule has 0 aliphatic rings. The molecule has 0 bridgehead atoms. The first-order valence-corrected chi connectivity index (χ1v) is 8.31. The Bertz CT molecular complexity index is 1200. The summed E-state index contributed by atoms with van der Waals surface area (Å²) in [5.41, 5.74) is 3.37. The molecule has 2 aromatic heterocycles. The van der Waals surface area contributed by atoms with Crippen molar-refractivity contribution >= 4 is 22.7 Å². The maximum atomic E-state index is 12.1. The average Bonchev–Trinajstić information content (AvgIpc) is 3.22. The summed E-state index contributed by atoms with van der Waals surface area (Å²) >= 11 is 0. The van der Waals surface area contributed by atoms with Gasteiger partial charge < -0.3 is 14.3 Å². The number of oxazole rings is 1. The van der Waals surface area contributed by atoms with Crippen molar-refractivity contribution in [2.45, 2.75) is 20.4 Å². The van der Waals surface area contributed by atoms with E-state index in [9.17, 15) is 9.59 Å². The number of carbonyl (C=O) groups excluding carboxylic acids is 1. The van der Waals surface area contributed by atoms with Gasteiger partial charge in [0.2, 0.25) is 5.91 Å². The molecule has 0 aliphatic carbocycles. The van der Waals surface area contributed by atoms with E-state index in [1.807, 2.05) is 19.1 Å². The third-order valence-electron chi connectivity index (χ3n) is 4.22. The highest BCUT2D eigenvalue weighted by molar-refractivity contribution is 5.90. The highest BCUT2D eigenvalue weighted by atomic mass is 16.5.